The van der Waals surface area contributed by atoms with Crippen LogP contribution in [-0.2, 0) is 16.4 Å². The van der Waals surface area contributed by atoms with Crippen molar-refractivity contribution in [3.63, 3.8) is 0 Å². The summed E-state index contributed by atoms with van der Waals surface area (Å²) in [6.07, 6.45) is 3.14. The lowest BCUT2D eigenvalue weighted by molar-refractivity contribution is 0.601. The smallest absolute Gasteiger partial charge is 0.263 e. The molecule has 0 aliphatic heterocycles. The van der Waals surface area contributed by atoms with Crippen LogP contribution in [0.4, 0.5) is 5.82 Å². The Balaban J connectivity index is 2.40. The predicted molar refractivity (Wildman–Crippen MR) is 88.3 cm³/mol. The first kappa shape index (κ1) is 16.2. The Morgan fingerprint density at radius 3 is 2.68 bits per heavy atom. The van der Waals surface area contributed by atoms with Crippen LogP contribution in [0.3, 0.4) is 0 Å². The molecule has 0 saturated heterocycles. The van der Waals surface area contributed by atoms with E-state index in [-0.39, 0.29) is 21.3 Å². The van der Waals surface area contributed by atoms with E-state index < -0.39 is 10.0 Å². The maximum absolute atomic E-state index is 12.5. The zero-order valence-corrected chi connectivity index (χ0v) is 13.2. The highest BCUT2D eigenvalue weighted by molar-refractivity contribution is 7.92. The van der Waals surface area contributed by atoms with Gasteiger partial charge in [0.1, 0.15) is 5.82 Å². The molecular weight excluding hydrogens is 322 g/mol. The third-order valence-corrected chi connectivity index (χ3v) is 4.59. The summed E-state index contributed by atoms with van der Waals surface area (Å²) in [6, 6.07) is 9.48. The molecule has 0 aliphatic carbocycles. The highest BCUT2D eigenvalue weighted by Gasteiger charge is 2.20. The summed E-state index contributed by atoms with van der Waals surface area (Å²) in [5.41, 5.74) is 0.840. The second-order valence-corrected chi connectivity index (χ2v) is 6.47. The van der Waals surface area contributed by atoms with Gasteiger partial charge in [0.2, 0.25) is 0 Å². The molecule has 2 N–H and O–H groups in total. The van der Waals surface area contributed by atoms with Gasteiger partial charge in [-0.15, -0.1) is 6.58 Å². The third kappa shape index (κ3) is 3.52. The maximum atomic E-state index is 12.5. The summed E-state index contributed by atoms with van der Waals surface area (Å²) in [6.45, 7) is 3.62. The Bertz CT molecular complexity index is 819. The number of aromatic nitrogens is 1. The number of pyridine rings is 1. The van der Waals surface area contributed by atoms with Crippen molar-refractivity contribution < 1.29 is 8.42 Å². The van der Waals surface area contributed by atoms with Crippen LogP contribution in [0.2, 0.25) is 5.02 Å². The Kier molecular flexibility index (Phi) is 4.95. The van der Waals surface area contributed by atoms with Crippen LogP contribution >= 0.6 is 11.6 Å². The summed E-state index contributed by atoms with van der Waals surface area (Å²) >= 11 is 5.93. The fraction of sp³-hybridized carbons (Fsp3) is 0.0667. The first-order chi connectivity index (χ1) is 10.5. The largest absolute Gasteiger partial charge is 0.308 e. The van der Waals surface area contributed by atoms with E-state index in [0.717, 1.165) is 6.21 Å². The van der Waals surface area contributed by atoms with Gasteiger partial charge >= 0.3 is 0 Å². The second-order valence-electron chi connectivity index (χ2n) is 4.41. The van der Waals surface area contributed by atoms with Gasteiger partial charge in [0.25, 0.3) is 10.0 Å². The molecule has 0 spiro atoms. The molecule has 22 heavy (non-hydrogen) atoms. The van der Waals surface area contributed by atoms with Crippen molar-refractivity contribution in [2.75, 3.05) is 4.72 Å². The van der Waals surface area contributed by atoms with Crippen molar-refractivity contribution >= 4 is 33.7 Å². The number of allylic oxidation sites excluding steroid dienone is 1. The average Bonchev–Trinajstić information content (AvgIpc) is 2.47. The molecule has 1 aromatic carbocycles. The van der Waals surface area contributed by atoms with Gasteiger partial charge in [-0.25, -0.2) is 13.4 Å². The van der Waals surface area contributed by atoms with E-state index in [9.17, 15) is 8.42 Å². The van der Waals surface area contributed by atoms with Gasteiger partial charge in [-0.2, -0.15) is 0 Å². The van der Waals surface area contributed by atoms with Crippen LogP contribution in [0.25, 0.3) is 0 Å². The first-order valence-corrected chi connectivity index (χ1v) is 8.22. The lowest BCUT2D eigenvalue weighted by Gasteiger charge is -2.11. The number of hydrogen-bond acceptors (Lipinski definition) is 4. The summed E-state index contributed by atoms with van der Waals surface area (Å²) in [7, 11) is -3.88. The molecular formula is C15H14ClN3O2S. The van der Waals surface area contributed by atoms with Gasteiger partial charge in [-0.1, -0.05) is 29.8 Å². The molecule has 0 atom stereocenters. The van der Waals surface area contributed by atoms with E-state index in [4.69, 9.17) is 17.0 Å². The van der Waals surface area contributed by atoms with Crippen molar-refractivity contribution in [1.82, 2.24) is 4.98 Å². The maximum Gasteiger partial charge on any atom is 0.263 e. The third-order valence-electron chi connectivity index (χ3n) is 2.85. The lowest BCUT2D eigenvalue weighted by atomic mass is 10.2. The fourth-order valence-electron chi connectivity index (χ4n) is 1.88. The number of nitrogens with one attached hydrogen (secondary N) is 2. The topological polar surface area (TPSA) is 82.9 Å². The molecule has 1 heterocycles. The van der Waals surface area contributed by atoms with Gasteiger partial charge in [0.05, 0.1) is 9.92 Å². The lowest BCUT2D eigenvalue weighted by Crippen LogP contribution is -2.16. The van der Waals surface area contributed by atoms with E-state index in [1.165, 1.54) is 18.2 Å². The quantitative estimate of drug-likeness (QED) is 0.627. The minimum absolute atomic E-state index is 0.0640. The van der Waals surface area contributed by atoms with Crippen LogP contribution in [-0.4, -0.2) is 19.6 Å². The Labute approximate surface area is 134 Å². The SMILES string of the molecule is C=CCc1cccc(NS(=O)(=O)c2cccc(Cl)c2C=N)n1. The molecule has 5 nitrogen and oxygen atoms in total. The highest BCUT2D eigenvalue weighted by atomic mass is 35.5. The Hall–Kier alpha value is -2.18. The standard InChI is InChI=1S/C15H14ClN3O2S/c1-2-5-11-6-3-9-15(18-11)19-22(20,21)14-8-4-7-13(16)12(14)10-17/h2-4,6-10,17H,1,5H2,(H,18,19). The van der Waals surface area contributed by atoms with E-state index in [0.29, 0.717) is 12.1 Å². The summed E-state index contributed by atoms with van der Waals surface area (Å²) in [5, 5.41) is 7.55. The van der Waals surface area contributed by atoms with E-state index in [1.807, 2.05) is 0 Å². The van der Waals surface area contributed by atoms with E-state index >= 15 is 0 Å². The van der Waals surface area contributed by atoms with Crippen molar-refractivity contribution in [2.45, 2.75) is 11.3 Å². The molecule has 7 heteroatoms. The van der Waals surface area contributed by atoms with Gasteiger partial charge in [0, 0.05) is 23.9 Å². The van der Waals surface area contributed by atoms with Crippen LogP contribution in [0, 0.1) is 5.41 Å². The van der Waals surface area contributed by atoms with Crippen molar-refractivity contribution in [3.8, 4) is 0 Å². The fourth-order valence-corrected chi connectivity index (χ4v) is 3.38. The van der Waals surface area contributed by atoms with Gasteiger partial charge in [-0.3, -0.25) is 4.72 Å². The van der Waals surface area contributed by atoms with E-state index in [2.05, 4.69) is 16.3 Å². The van der Waals surface area contributed by atoms with Crippen molar-refractivity contribution in [2.24, 2.45) is 0 Å². The van der Waals surface area contributed by atoms with E-state index in [1.54, 1.807) is 24.3 Å². The number of nitrogens with zero attached hydrogens (tertiary/aromatic N) is 1. The van der Waals surface area contributed by atoms with Crippen LogP contribution in [0.1, 0.15) is 11.3 Å². The second kappa shape index (κ2) is 6.72. The van der Waals surface area contributed by atoms with Crippen LogP contribution in [0.15, 0.2) is 53.9 Å². The van der Waals surface area contributed by atoms with Crippen LogP contribution in [0.5, 0.6) is 0 Å². The Morgan fingerprint density at radius 1 is 1.27 bits per heavy atom. The zero-order valence-electron chi connectivity index (χ0n) is 11.6. The normalized spacial score (nSPS) is 11.0. The molecule has 2 rings (SSSR count). The number of anilines is 1. The van der Waals surface area contributed by atoms with Gasteiger partial charge in [-0.05, 0) is 24.3 Å². The van der Waals surface area contributed by atoms with Crippen molar-refractivity contribution in [1.29, 1.82) is 5.41 Å². The predicted octanol–water partition coefficient (Wildman–Crippen LogP) is 3.26. The molecule has 0 radical (unpaired) electrons. The molecule has 0 unspecified atom stereocenters. The Morgan fingerprint density at radius 2 is 2.00 bits per heavy atom. The number of hydrogen-bond donors (Lipinski definition) is 2. The molecule has 0 bridgehead atoms. The summed E-state index contributed by atoms with van der Waals surface area (Å²) in [5.74, 6) is 0.204. The average molecular weight is 336 g/mol. The molecule has 114 valence electrons. The monoisotopic (exact) mass is 335 g/mol. The zero-order chi connectivity index (χ0) is 16.2. The van der Waals surface area contributed by atoms with Crippen LogP contribution < -0.4 is 4.72 Å². The molecule has 0 amide bonds. The molecule has 2 aromatic rings. The minimum Gasteiger partial charge on any atom is -0.308 e. The van der Waals surface area contributed by atoms with Gasteiger partial charge < -0.3 is 5.41 Å². The van der Waals surface area contributed by atoms with Gasteiger partial charge in [0.15, 0.2) is 0 Å². The molecule has 0 saturated carbocycles. The minimum atomic E-state index is -3.88. The molecule has 0 aliphatic rings. The summed E-state index contributed by atoms with van der Waals surface area (Å²) < 4.78 is 27.3. The molecule has 1 aromatic heterocycles. The van der Waals surface area contributed by atoms with Crippen molar-refractivity contribution in [3.05, 3.63) is 65.3 Å². The first-order valence-electron chi connectivity index (χ1n) is 6.36. The number of benzene rings is 1. The number of sulfonamides is 1. The number of rotatable bonds is 6. The summed E-state index contributed by atoms with van der Waals surface area (Å²) in [4.78, 5) is 4.14. The highest BCUT2D eigenvalue weighted by Crippen LogP contribution is 2.24. The number of halogens is 1. The molecule has 0 fully saturated rings.